The first-order chi connectivity index (χ1) is 7.97. The Bertz CT molecular complexity index is 253. The van der Waals surface area contributed by atoms with Gasteiger partial charge in [0.15, 0.2) is 0 Å². The molecular weight excluding hydrogens is 214 g/mol. The first kappa shape index (κ1) is 14.5. The topological polar surface area (TPSA) is 35.6 Å². The minimum absolute atomic E-state index is 0.0294. The fraction of sp³-hybridized carbons (Fsp3) is 0.923. The highest BCUT2D eigenvalue weighted by Gasteiger charge is 2.38. The molecule has 1 amide bonds. The average Bonchev–Trinajstić information content (AvgIpc) is 2.56. The van der Waals surface area contributed by atoms with E-state index in [-0.39, 0.29) is 18.1 Å². The number of carbonyl (C=O) groups is 1. The van der Waals surface area contributed by atoms with Crippen LogP contribution >= 0.6 is 0 Å². The normalized spacial score (nSPS) is 25.4. The Morgan fingerprint density at radius 2 is 2.06 bits per heavy atom. The van der Waals surface area contributed by atoms with Crippen LogP contribution < -0.4 is 5.32 Å². The molecule has 0 aromatic carbocycles. The van der Waals surface area contributed by atoms with Crippen LogP contribution in [0, 0.1) is 5.92 Å². The van der Waals surface area contributed by atoms with E-state index in [1.54, 1.807) is 0 Å². The molecule has 0 saturated carbocycles. The van der Waals surface area contributed by atoms with E-state index in [9.17, 15) is 4.79 Å². The summed E-state index contributed by atoms with van der Waals surface area (Å²) in [4.78, 5) is 16.4. The van der Waals surface area contributed by atoms with Gasteiger partial charge in [0.25, 0.3) is 0 Å². The number of nitrogens with zero attached hydrogens (tertiary/aromatic N) is 2. The van der Waals surface area contributed by atoms with Crippen LogP contribution in [0.1, 0.15) is 33.6 Å². The summed E-state index contributed by atoms with van der Waals surface area (Å²) < 4.78 is 0. The van der Waals surface area contributed by atoms with Crippen LogP contribution in [0.2, 0.25) is 0 Å². The van der Waals surface area contributed by atoms with Gasteiger partial charge in [0.05, 0.1) is 12.2 Å². The van der Waals surface area contributed by atoms with Crippen molar-refractivity contribution >= 4 is 5.91 Å². The lowest BCUT2D eigenvalue weighted by Crippen LogP contribution is -2.42. The molecule has 0 bridgehead atoms. The first-order valence-corrected chi connectivity index (χ1v) is 6.68. The third-order valence-corrected chi connectivity index (χ3v) is 3.33. The standard InChI is InChI=1S/C13H27N3O/c1-6-11-13(17)16(9-7-8-15(4)5)12(14-11)10(2)3/h10-12,14H,6-9H2,1-5H3. The van der Waals surface area contributed by atoms with Gasteiger partial charge in [-0.3, -0.25) is 10.1 Å². The van der Waals surface area contributed by atoms with Gasteiger partial charge in [0, 0.05) is 6.54 Å². The number of carbonyl (C=O) groups excluding carboxylic acids is 1. The molecule has 1 rings (SSSR count). The molecule has 1 heterocycles. The lowest BCUT2D eigenvalue weighted by Gasteiger charge is -2.27. The van der Waals surface area contributed by atoms with E-state index in [2.05, 4.69) is 45.1 Å². The van der Waals surface area contributed by atoms with Crippen LogP contribution in [0.3, 0.4) is 0 Å². The fourth-order valence-corrected chi connectivity index (χ4v) is 2.36. The fourth-order valence-electron chi connectivity index (χ4n) is 2.36. The zero-order chi connectivity index (χ0) is 13.0. The maximum Gasteiger partial charge on any atom is 0.241 e. The lowest BCUT2D eigenvalue weighted by atomic mass is 10.1. The second-order valence-corrected chi connectivity index (χ2v) is 5.50. The SMILES string of the molecule is CCC1NC(C(C)C)N(CCCN(C)C)C1=O. The predicted molar refractivity (Wildman–Crippen MR) is 70.7 cm³/mol. The molecule has 1 saturated heterocycles. The molecule has 100 valence electrons. The van der Waals surface area contributed by atoms with Crippen molar-refractivity contribution in [2.24, 2.45) is 5.92 Å². The molecule has 1 fully saturated rings. The van der Waals surface area contributed by atoms with E-state index in [0.29, 0.717) is 5.92 Å². The summed E-state index contributed by atoms with van der Waals surface area (Å²) in [6.45, 7) is 8.30. The molecule has 17 heavy (non-hydrogen) atoms. The van der Waals surface area contributed by atoms with Crippen LogP contribution in [-0.4, -0.2) is 55.1 Å². The Morgan fingerprint density at radius 1 is 1.41 bits per heavy atom. The minimum atomic E-state index is 0.0294. The first-order valence-electron chi connectivity index (χ1n) is 6.68. The van der Waals surface area contributed by atoms with Crippen molar-refractivity contribution in [1.29, 1.82) is 0 Å². The second kappa shape index (κ2) is 6.36. The van der Waals surface area contributed by atoms with Gasteiger partial charge in [0.2, 0.25) is 5.91 Å². The molecule has 1 N–H and O–H groups in total. The molecule has 0 aromatic rings. The molecule has 0 aliphatic carbocycles. The van der Waals surface area contributed by atoms with E-state index in [1.165, 1.54) is 0 Å². The molecular formula is C13H27N3O. The van der Waals surface area contributed by atoms with Gasteiger partial charge in [-0.25, -0.2) is 0 Å². The van der Waals surface area contributed by atoms with Gasteiger partial charge in [-0.1, -0.05) is 20.8 Å². The monoisotopic (exact) mass is 241 g/mol. The Kier molecular flexibility index (Phi) is 5.40. The zero-order valence-electron chi connectivity index (χ0n) is 11.9. The number of hydrogen-bond donors (Lipinski definition) is 1. The maximum atomic E-state index is 12.2. The number of rotatable bonds is 6. The van der Waals surface area contributed by atoms with Crippen molar-refractivity contribution in [3.8, 4) is 0 Å². The Hall–Kier alpha value is -0.610. The van der Waals surface area contributed by atoms with E-state index < -0.39 is 0 Å². The summed E-state index contributed by atoms with van der Waals surface area (Å²) in [5, 5.41) is 3.44. The molecule has 0 radical (unpaired) electrons. The summed E-state index contributed by atoms with van der Waals surface area (Å²) in [7, 11) is 4.14. The van der Waals surface area contributed by atoms with Gasteiger partial charge in [-0.05, 0) is 39.4 Å². The molecule has 1 aliphatic heterocycles. The van der Waals surface area contributed by atoms with Crippen molar-refractivity contribution in [1.82, 2.24) is 15.1 Å². The highest BCUT2D eigenvalue weighted by molar-refractivity contribution is 5.84. The van der Waals surface area contributed by atoms with Gasteiger partial charge in [-0.15, -0.1) is 0 Å². The Labute approximate surface area is 105 Å². The van der Waals surface area contributed by atoms with Crippen molar-refractivity contribution in [3.05, 3.63) is 0 Å². The smallest absolute Gasteiger partial charge is 0.241 e. The van der Waals surface area contributed by atoms with Gasteiger partial charge >= 0.3 is 0 Å². The van der Waals surface area contributed by atoms with Gasteiger partial charge in [-0.2, -0.15) is 0 Å². The third kappa shape index (κ3) is 3.68. The summed E-state index contributed by atoms with van der Waals surface area (Å²) in [6.07, 6.45) is 2.14. The van der Waals surface area contributed by atoms with Crippen molar-refractivity contribution in [2.45, 2.75) is 45.8 Å². The molecule has 2 unspecified atom stereocenters. The summed E-state index contributed by atoms with van der Waals surface area (Å²) in [5.41, 5.74) is 0. The quantitative estimate of drug-likeness (QED) is 0.757. The Balaban J connectivity index is 2.56. The van der Waals surface area contributed by atoms with E-state index in [1.807, 2.05) is 4.90 Å². The zero-order valence-corrected chi connectivity index (χ0v) is 11.9. The van der Waals surface area contributed by atoms with E-state index >= 15 is 0 Å². The van der Waals surface area contributed by atoms with Crippen molar-refractivity contribution < 1.29 is 4.79 Å². The molecule has 2 atom stereocenters. The second-order valence-electron chi connectivity index (χ2n) is 5.50. The molecule has 4 nitrogen and oxygen atoms in total. The third-order valence-electron chi connectivity index (χ3n) is 3.33. The highest BCUT2D eigenvalue weighted by Crippen LogP contribution is 2.19. The molecule has 4 heteroatoms. The summed E-state index contributed by atoms with van der Waals surface area (Å²) in [6, 6.07) is 0.0294. The summed E-state index contributed by atoms with van der Waals surface area (Å²) >= 11 is 0. The van der Waals surface area contributed by atoms with E-state index in [0.717, 1.165) is 25.9 Å². The largest absolute Gasteiger partial charge is 0.325 e. The predicted octanol–water partition coefficient (Wildman–Crippen LogP) is 1.13. The molecule has 1 aliphatic rings. The average molecular weight is 241 g/mol. The number of nitrogens with one attached hydrogen (secondary N) is 1. The maximum absolute atomic E-state index is 12.2. The number of amides is 1. The highest BCUT2D eigenvalue weighted by atomic mass is 16.2. The van der Waals surface area contributed by atoms with Crippen LogP contribution in [0.5, 0.6) is 0 Å². The van der Waals surface area contributed by atoms with Gasteiger partial charge < -0.3 is 9.80 Å². The van der Waals surface area contributed by atoms with Crippen LogP contribution in [0.15, 0.2) is 0 Å². The van der Waals surface area contributed by atoms with Crippen LogP contribution in [-0.2, 0) is 4.79 Å². The molecule has 0 spiro atoms. The van der Waals surface area contributed by atoms with Crippen LogP contribution in [0.25, 0.3) is 0 Å². The minimum Gasteiger partial charge on any atom is -0.325 e. The van der Waals surface area contributed by atoms with Gasteiger partial charge in [0.1, 0.15) is 0 Å². The van der Waals surface area contributed by atoms with Crippen molar-refractivity contribution in [2.75, 3.05) is 27.2 Å². The lowest BCUT2D eigenvalue weighted by molar-refractivity contribution is -0.130. The van der Waals surface area contributed by atoms with E-state index in [4.69, 9.17) is 0 Å². The van der Waals surface area contributed by atoms with Crippen molar-refractivity contribution in [3.63, 3.8) is 0 Å². The van der Waals surface area contributed by atoms with Crippen LogP contribution in [0.4, 0.5) is 0 Å². The summed E-state index contributed by atoms with van der Waals surface area (Å²) in [5.74, 6) is 0.750. The Morgan fingerprint density at radius 3 is 2.53 bits per heavy atom. The number of hydrogen-bond acceptors (Lipinski definition) is 3. The molecule has 0 aromatic heterocycles.